The van der Waals surface area contributed by atoms with E-state index in [0.717, 1.165) is 30.8 Å². The van der Waals surface area contributed by atoms with Crippen LogP contribution in [0, 0.1) is 12.8 Å². The van der Waals surface area contributed by atoms with Crippen molar-refractivity contribution in [2.75, 3.05) is 37.7 Å². The van der Waals surface area contributed by atoms with Crippen LogP contribution < -0.4 is 4.90 Å². The lowest BCUT2D eigenvalue weighted by molar-refractivity contribution is -0.139. The Kier molecular flexibility index (Phi) is 10.1. The number of anilines is 1. The lowest BCUT2D eigenvalue weighted by Crippen LogP contribution is -2.56. The fourth-order valence-corrected chi connectivity index (χ4v) is 6.77. The molecule has 0 spiro atoms. The third kappa shape index (κ3) is 6.79. The Morgan fingerprint density at radius 3 is 2.35 bits per heavy atom. The molecule has 5 heterocycles. The van der Waals surface area contributed by atoms with E-state index in [1.165, 1.54) is 25.0 Å². The molecule has 3 fully saturated rings. The monoisotopic (exact) mass is 670 g/mol. The second kappa shape index (κ2) is 13.6. The predicted octanol–water partition coefficient (Wildman–Crippen LogP) is 7.11. The summed E-state index contributed by atoms with van der Waals surface area (Å²) in [6.07, 6.45) is -1.24. The molecular formula is C31H40ClF5N8O. The van der Waals surface area contributed by atoms with Crippen molar-refractivity contribution < 1.29 is 26.7 Å². The number of fused-ring (bicyclic) bond motifs is 3. The topological polar surface area (TPSA) is 76.6 Å². The van der Waals surface area contributed by atoms with E-state index in [9.17, 15) is 22.0 Å². The van der Waals surface area contributed by atoms with Crippen LogP contribution in [0.15, 0.2) is 24.5 Å². The molecule has 0 bridgehead atoms. The molecule has 0 amide bonds. The number of imidazole rings is 1. The van der Waals surface area contributed by atoms with Gasteiger partial charge in [-0.25, -0.2) is 18.2 Å². The van der Waals surface area contributed by atoms with Gasteiger partial charge in [-0.05, 0) is 50.3 Å². The number of ether oxygens (including phenoxy) is 1. The molecule has 0 N–H and O–H groups in total. The van der Waals surface area contributed by atoms with E-state index in [2.05, 4.69) is 15.1 Å². The number of rotatable bonds is 4. The number of alkyl halides is 5. The summed E-state index contributed by atoms with van der Waals surface area (Å²) >= 11 is 5.86. The third-order valence-electron chi connectivity index (χ3n) is 8.82. The van der Waals surface area contributed by atoms with E-state index >= 15 is 0 Å². The summed E-state index contributed by atoms with van der Waals surface area (Å²) in [7, 11) is 1.90. The van der Waals surface area contributed by atoms with E-state index in [1.54, 1.807) is 10.7 Å². The molecule has 252 valence electrons. The maximum Gasteiger partial charge on any atom is 0.417 e. The first-order chi connectivity index (χ1) is 21.8. The largest absolute Gasteiger partial charge is 0.417 e. The molecule has 9 nitrogen and oxygen atoms in total. The lowest BCUT2D eigenvalue weighted by atomic mass is 9.73. The molecule has 2 atom stereocenters. The van der Waals surface area contributed by atoms with Crippen LogP contribution in [0.25, 0.3) is 16.9 Å². The Morgan fingerprint density at radius 2 is 1.76 bits per heavy atom. The van der Waals surface area contributed by atoms with Crippen molar-refractivity contribution in [1.82, 2.24) is 34.0 Å². The lowest BCUT2D eigenvalue weighted by Gasteiger charge is -2.49. The van der Waals surface area contributed by atoms with Crippen molar-refractivity contribution in [3.63, 3.8) is 0 Å². The van der Waals surface area contributed by atoms with Gasteiger partial charge >= 0.3 is 6.18 Å². The Bertz CT molecular complexity index is 1640. The molecule has 15 heteroatoms. The summed E-state index contributed by atoms with van der Waals surface area (Å²) in [5, 5.41) is 7.70. The molecule has 7 rings (SSSR count). The quantitative estimate of drug-likeness (QED) is 0.214. The SMILES string of the molecule is C1CCOC1.CC.Cc1nc2c(N3CCN(C(c4ccc(Cl)c(C(F)(F)F)c4)C4CC(F)(F)C4)CC3C)nc3nncn3c2n1C. The van der Waals surface area contributed by atoms with Crippen LogP contribution >= 0.6 is 11.6 Å². The second-order valence-corrected chi connectivity index (χ2v) is 12.3. The van der Waals surface area contributed by atoms with Gasteiger partial charge in [-0.15, -0.1) is 10.2 Å². The summed E-state index contributed by atoms with van der Waals surface area (Å²) in [5.41, 5.74) is 0.870. The van der Waals surface area contributed by atoms with Gasteiger partial charge in [0.25, 0.3) is 5.78 Å². The number of nitrogens with zero attached hydrogens (tertiary/aromatic N) is 8. The zero-order valence-electron chi connectivity index (χ0n) is 26.7. The van der Waals surface area contributed by atoms with Gasteiger partial charge in [0.15, 0.2) is 11.5 Å². The summed E-state index contributed by atoms with van der Waals surface area (Å²) in [6, 6.07) is 3.01. The van der Waals surface area contributed by atoms with Crippen LogP contribution in [-0.2, 0) is 18.0 Å². The first kappa shape index (κ1) is 34.2. The molecule has 1 saturated carbocycles. The van der Waals surface area contributed by atoms with Gasteiger partial charge in [0.05, 0.1) is 10.6 Å². The van der Waals surface area contributed by atoms with Crippen LogP contribution in [0.3, 0.4) is 0 Å². The van der Waals surface area contributed by atoms with Crippen LogP contribution in [-0.4, -0.2) is 78.8 Å². The highest BCUT2D eigenvalue weighted by Crippen LogP contribution is 2.51. The number of halogens is 6. The van der Waals surface area contributed by atoms with E-state index in [0.29, 0.717) is 42.3 Å². The van der Waals surface area contributed by atoms with Gasteiger partial charge in [0, 0.05) is 64.8 Å². The molecule has 46 heavy (non-hydrogen) atoms. The Labute approximate surface area is 269 Å². The minimum Gasteiger partial charge on any atom is -0.381 e. The van der Waals surface area contributed by atoms with E-state index in [1.807, 2.05) is 44.2 Å². The first-order valence-electron chi connectivity index (χ1n) is 15.7. The Balaban J connectivity index is 0.000000536. The van der Waals surface area contributed by atoms with Crippen molar-refractivity contribution in [3.05, 3.63) is 46.5 Å². The summed E-state index contributed by atoms with van der Waals surface area (Å²) in [5.74, 6) is -1.44. The number of aromatic nitrogens is 6. The van der Waals surface area contributed by atoms with E-state index < -0.39 is 34.6 Å². The second-order valence-electron chi connectivity index (χ2n) is 11.9. The number of benzene rings is 1. The van der Waals surface area contributed by atoms with Crippen LogP contribution in [0.4, 0.5) is 27.8 Å². The minimum absolute atomic E-state index is 0.139. The zero-order chi connectivity index (χ0) is 33.4. The molecule has 3 aromatic heterocycles. The molecule has 2 unspecified atom stereocenters. The van der Waals surface area contributed by atoms with Crippen molar-refractivity contribution >= 4 is 34.4 Å². The van der Waals surface area contributed by atoms with Gasteiger partial charge < -0.3 is 14.2 Å². The number of hydrogen-bond donors (Lipinski definition) is 0. The highest BCUT2D eigenvalue weighted by atomic mass is 35.5. The standard InChI is InChI=1S/C25H26ClF5N8.C4H8O.C2H6/c1-13-11-37(20(16-9-24(27,28)10-16)15-4-5-18(26)17(8-15)25(29,30)31)6-7-38(13)21-19-22(36(3)14(2)33-19)39-12-32-35-23(39)34-21;1-2-4-5-3-1;1-2/h4-5,8,12-13,16,20H,6-7,9-11H2,1-3H3;1-4H2;1-2H3. The van der Waals surface area contributed by atoms with Gasteiger partial charge in [0.1, 0.15) is 17.7 Å². The smallest absolute Gasteiger partial charge is 0.381 e. The van der Waals surface area contributed by atoms with Gasteiger partial charge in [0.2, 0.25) is 5.92 Å². The molecule has 2 saturated heterocycles. The molecule has 3 aliphatic rings. The Morgan fingerprint density at radius 1 is 1.07 bits per heavy atom. The zero-order valence-corrected chi connectivity index (χ0v) is 27.4. The van der Waals surface area contributed by atoms with Crippen molar-refractivity contribution in [2.24, 2.45) is 13.0 Å². The number of hydrogen-bond acceptors (Lipinski definition) is 7. The average molecular weight is 671 g/mol. The maximum absolute atomic E-state index is 14.0. The minimum atomic E-state index is -4.65. The highest BCUT2D eigenvalue weighted by Gasteiger charge is 2.51. The molecule has 2 aliphatic heterocycles. The summed E-state index contributed by atoms with van der Waals surface area (Å²) in [6.45, 7) is 11.2. The van der Waals surface area contributed by atoms with Crippen molar-refractivity contribution in [3.8, 4) is 0 Å². The summed E-state index contributed by atoms with van der Waals surface area (Å²) in [4.78, 5) is 13.6. The maximum atomic E-state index is 14.0. The van der Waals surface area contributed by atoms with Crippen molar-refractivity contribution in [1.29, 1.82) is 0 Å². The molecule has 4 aromatic rings. The highest BCUT2D eigenvalue weighted by molar-refractivity contribution is 6.31. The number of aryl methyl sites for hydroxylation is 2. The van der Waals surface area contributed by atoms with Gasteiger partial charge in [-0.1, -0.05) is 31.5 Å². The van der Waals surface area contributed by atoms with Crippen LogP contribution in [0.2, 0.25) is 5.02 Å². The molecule has 1 aliphatic carbocycles. The Hall–Kier alpha value is -3.10. The normalized spacial score (nSPS) is 21.0. The van der Waals surface area contributed by atoms with Crippen molar-refractivity contribution in [2.45, 2.75) is 77.6 Å². The van der Waals surface area contributed by atoms with E-state index in [-0.39, 0.29) is 18.9 Å². The fourth-order valence-electron chi connectivity index (χ4n) is 6.55. The molecular weight excluding hydrogens is 631 g/mol. The fraction of sp³-hybridized carbons (Fsp3) is 0.613. The van der Waals surface area contributed by atoms with Gasteiger partial charge in [-0.3, -0.25) is 4.90 Å². The first-order valence-corrected chi connectivity index (χ1v) is 16.1. The van der Waals surface area contributed by atoms with E-state index in [4.69, 9.17) is 26.3 Å². The summed E-state index contributed by atoms with van der Waals surface area (Å²) < 4.78 is 77.5. The van der Waals surface area contributed by atoms with Gasteiger partial charge in [-0.2, -0.15) is 18.2 Å². The predicted molar refractivity (Wildman–Crippen MR) is 166 cm³/mol. The molecule has 1 aromatic carbocycles. The van der Waals surface area contributed by atoms with Crippen LogP contribution in [0.5, 0.6) is 0 Å². The number of piperazine rings is 1. The molecule has 0 radical (unpaired) electrons. The third-order valence-corrected chi connectivity index (χ3v) is 9.15. The average Bonchev–Trinajstić information content (AvgIpc) is 3.77. The van der Waals surface area contributed by atoms with Crippen LogP contribution in [0.1, 0.15) is 69.4 Å².